The highest BCUT2D eigenvalue weighted by Crippen LogP contribution is 2.29. The van der Waals surface area contributed by atoms with Gasteiger partial charge in [0.15, 0.2) is 0 Å². The molecule has 0 aromatic heterocycles. The Balaban J connectivity index is 2.08. The molecule has 3 amide bonds. The molecule has 0 spiro atoms. The maximum absolute atomic E-state index is 12.0. The van der Waals surface area contributed by atoms with Crippen LogP contribution in [0.5, 0.6) is 0 Å². The topological polar surface area (TPSA) is 85.2 Å². The number of benzene rings is 1. The van der Waals surface area contributed by atoms with Crippen LogP contribution in [0.15, 0.2) is 18.2 Å². The lowest BCUT2D eigenvalue weighted by molar-refractivity contribution is -0.117. The number of carbonyl (C=O) groups is 2. The highest BCUT2D eigenvalue weighted by atomic mass is 35.5. The Hall–Kier alpha value is -2.26. The molecule has 7 heteroatoms. The van der Waals surface area contributed by atoms with Gasteiger partial charge in [0.1, 0.15) is 0 Å². The molecule has 0 aliphatic carbocycles. The van der Waals surface area contributed by atoms with Crippen molar-refractivity contribution in [3.63, 3.8) is 0 Å². The molecule has 1 aromatic rings. The molecular weight excluding hydrogens is 316 g/mol. The summed E-state index contributed by atoms with van der Waals surface area (Å²) in [6, 6.07) is 6.52. The second-order valence-corrected chi connectivity index (χ2v) is 5.79. The van der Waals surface area contributed by atoms with E-state index in [4.69, 9.17) is 16.9 Å². The Kier molecular flexibility index (Phi) is 5.83. The van der Waals surface area contributed by atoms with Crippen LogP contribution in [-0.4, -0.2) is 24.5 Å². The SMILES string of the molecule is CC[C@@H](CC#N)NC(=O)Nc1cc(N2CCCC2=O)ccc1Cl. The van der Waals surface area contributed by atoms with Crippen LogP contribution in [0.25, 0.3) is 0 Å². The van der Waals surface area contributed by atoms with Gasteiger partial charge in [0, 0.05) is 24.7 Å². The maximum atomic E-state index is 12.0. The van der Waals surface area contributed by atoms with E-state index in [9.17, 15) is 9.59 Å². The predicted molar refractivity (Wildman–Crippen MR) is 89.5 cm³/mol. The molecule has 23 heavy (non-hydrogen) atoms. The Labute approximate surface area is 140 Å². The van der Waals surface area contributed by atoms with Crippen molar-refractivity contribution in [1.82, 2.24) is 5.32 Å². The van der Waals surface area contributed by atoms with Crippen molar-refractivity contribution < 1.29 is 9.59 Å². The van der Waals surface area contributed by atoms with E-state index in [0.29, 0.717) is 30.1 Å². The summed E-state index contributed by atoms with van der Waals surface area (Å²) < 4.78 is 0. The van der Waals surface area contributed by atoms with Gasteiger partial charge in [-0.15, -0.1) is 0 Å². The molecule has 0 radical (unpaired) electrons. The first-order chi connectivity index (χ1) is 11.0. The van der Waals surface area contributed by atoms with E-state index in [1.165, 1.54) is 0 Å². The van der Waals surface area contributed by atoms with Crippen LogP contribution in [0, 0.1) is 11.3 Å². The summed E-state index contributed by atoms with van der Waals surface area (Å²) >= 11 is 6.12. The van der Waals surface area contributed by atoms with Crippen molar-refractivity contribution >= 4 is 34.9 Å². The van der Waals surface area contributed by atoms with Crippen molar-refractivity contribution in [2.45, 2.75) is 38.6 Å². The minimum atomic E-state index is -0.418. The minimum Gasteiger partial charge on any atom is -0.334 e. The lowest BCUT2D eigenvalue weighted by Crippen LogP contribution is -2.37. The number of nitrogens with zero attached hydrogens (tertiary/aromatic N) is 2. The van der Waals surface area contributed by atoms with Gasteiger partial charge in [-0.25, -0.2) is 4.79 Å². The van der Waals surface area contributed by atoms with Gasteiger partial charge < -0.3 is 15.5 Å². The molecule has 2 rings (SSSR count). The Morgan fingerprint density at radius 1 is 1.52 bits per heavy atom. The zero-order chi connectivity index (χ0) is 16.8. The number of carbonyl (C=O) groups excluding carboxylic acids is 2. The fourth-order valence-corrected chi connectivity index (χ4v) is 2.61. The maximum Gasteiger partial charge on any atom is 0.319 e. The lowest BCUT2D eigenvalue weighted by Gasteiger charge is -2.19. The van der Waals surface area contributed by atoms with Crippen molar-refractivity contribution in [2.24, 2.45) is 0 Å². The largest absolute Gasteiger partial charge is 0.334 e. The van der Waals surface area contributed by atoms with Crippen molar-refractivity contribution in [3.05, 3.63) is 23.2 Å². The first kappa shape index (κ1) is 17.1. The smallest absolute Gasteiger partial charge is 0.319 e. The summed E-state index contributed by atoms with van der Waals surface area (Å²) in [5, 5.41) is 14.5. The van der Waals surface area contributed by atoms with E-state index in [-0.39, 0.29) is 18.4 Å². The standard InChI is InChI=1S/C16H19ClN4O2/c1-2-11(7-8-18)19-16(23)20-14-10-12(5-6-13(14)17)21-9-3-4-15(21)22/h5-6,10-11H,2-4,7,9H2,1H3,(H2,19,20,23)/t11-/m0/s1. The fraction of sp³-hybridized carbons (Fsp3) is 0.438. The zero-order valence-electron chi connectivity index (χ0n) is 12.9. The van der Waals surface area contributed by atoms with Crippen molar-refractivity contribution in [1.29, 1.82) is 5.26 Å². The molecule has 1 aliphatic heterocycles. The minimum absolute atomic E-state index is 0.0720. The summed E-state index contributed by atoms with van der Waals surface area (Å²) in [6.07, 6.45) is 2.28. The van der Waals surface area contributed by atoms with Gasteiger partial charge in [0.05, 0.1) is 23.2 Å². The van der Waals surface area contributed by atoms with Crippen LogP contribution >= 0.6 is 11.6 Å². The van der Waals surface area contributed by atoms with Gasteiger partial charge in [-0.3, -0.25) is 4.79 Å². The van der Waals surface area contributed by atoms with Crippen LogP contribution in [0.4, 0.5) is 16.2 Å². The highest BCUT2D eigenvalue weighted by molar-refractivity contribution is 6.33. The summed E-state index contributed by atoms with van der Waals surface area (Å²) in [5.41, 5.74) is 1.16. The van der Waals surface area contributed by atoms with E-state index < -0.39 is 6.03 Å². The molecule has 1 saturated heterocycles. The molecule has 0 saturated carbocycles. The van der Waals surface area contributed by atoms with E-state index in [1.54, 1.807) is 23.1 Å². The van der Waals surface area contributed by atoms with Gasteiger partial charge in [-0.1, -0.05) is 18.5 Å². The van der Waals surface area contributed by atoms with E-state index >= 15 is 0 Å². The molecule has 1 heterocycles. The average molecular weight is 335 g/mol. The molecule has 122 valence electrons. The van der Waals surface area contributed by atoms with Crippen molar-refractivity contribution in [3.8, 4) is 6.07 Å². The molecule has 0 unspecified atom stereocenters. The van der Waals surface area contributed by atoms with E-state index in [1.807, 2.05) is 13.0 Å². The summed E-state index contributed by atoms with van der Waals surface area (Å²) in [7, 11) is 0. The van der Waals surface area contributed by atoms with E-state index in [0.717, 1.165) is 12.1 Å². The van der Waals surface area contributed by atoms with Gasteiger partial charge >= 0.3 is 6.03 Å². The Morgan fingerprint density at radius 2 is 2.30 bits per heavy atom. The molecule has 0 bridgehead atoms. The molecule has 1 aromatic carbocycles. The zero-order valence-corrected chi connectivity index (χ0v) is 13.7. The molecular formula is C16H19ClN4O2. The number of nitriles is 1. The molecule has 6 nitrogen and oxygen atoms in total. The number of hydrogen-bond donors (Lipinski definition) is 2. The number of hydrogen-bond acceptors (Lipinski definition) is 3. The molecule has 2 N–H and O–H groups in total. The summed E-state index contributed by atoms with van der Waals surface area (Å²) in [6.45, 7) is 2.57. The number of urea groups is 1. The van der Waals surface area contributed by atoms with Crippen molar-refractivity contribution in [2.75, 3.05) is 16.8 Å². The number of amides is 3. The normalized spacial score (nSPS) is 15.2. The lowest BCUT2D eigenvalue weighted by atomic mass is 10.2. The van der Waals surface area contributed by atoms with Crippen LogP contribution in [0.2, 0.25) is 5.02 Å². The quantitative estimate of drug-likeness (QED) is 0.866. The number of nitrogens with one attached hydrogen (secondary N) is 2. The van der Waals surface area contributed by atoms with Crippen LogP contribution in [-0.2, 0) is 4.79 Å². The third-order valence-corrected chi connectivity index (χ3v) is 4.08. The number of rotatable bonds is 5. The van der Waals surface area contributed by atoms with E-state index in [2.05, 4.69) is 10.6 Å². The van der Waals surface area contributed by atoms with Crippen LogP contribution in [0.3, 0.4) is 0 Å². The fourth-order valence-electron chi connectivity index (χ4n) is 2.45. The van der Waals surface area contributed by atoms with Crippen LogP contribution < -0.4 is 15.5 Å². The van der Waals surface area contributed by atoms with Gasteiger partial charge in [0.2, 0.25) is 5.91 Å². The molecule has 1 atom stereocenters. The van der Waals surface area contributed by atoms with Gasteiger partial charge in [-0.05, 0) is 31.0 Å². The Bertz CT molecular complexity index is 641. The molecule has 1 aliphatic rings. The average Bonchev–Trinajstić information content (AvgIpc) is 2.95. The monoisotopic (exact) mass is 334 g/mol. The first-order valence-corrected chi connectivity index (χ1v) is 7.97. The third kappa shape index (κ3) is 4.36. The van der Waals surface area contributed by atoms with Gasteiger partial charge in [0.25, 0.3) is 0 Å². The second-order valence-electron chi connectivity index (χ2n) is 5.38. The number of anilines is 2. The predicted octanol–water partition coefficient (Wildman–Crippen LogP) is 3.28. The van der Waals surface area contributed by atoms with Gasteiger partial charge in [-0.2, -0.15) is 5.26 Å². The summed E-state index contributed by atoms with van der Waals surface area (Å²) in [5.74, 6) is 0.0720. The number of halogens is 1. The first-order valence-electron chi connectivity index (χ1n) is 7.59. The Morgan fingerprint density at radius 3 is 2.91 bits per heavy atom. The third-order valence-electron chi connectivity index (χ3n) is 3.75. The molecule has 1 fully saturated rings. The van der Waals surface area contributed by atoms with Crippen LogP contribution in [0.1, 0.15) is 32.6 Å². The summed E-state index contributed by atoms with van der Waals surface area (Å²) in [4.78, 5) is 25.5. The highest BCUT2D eigenvalue weighted by Gasteiger charge is 2.22. The second kappa shape index (κ2) is 7.84.